The van der Waals surface area contributed by atoms with Gasteiger partial charge in [0.2, 0.25) is 0 Å². The van der Waals surface area contributed by atoms with Gasteiger partial charge in [0.1, 0.15) is 0 Å². The second-order valence-electron chi connectivity index (χ2n) is 5.71. The average Bonchev–Trinajstić information content (AvgIpc) is 2.96. The Morgan fingerprint density at radius 1 is 1.35 bits per heavy atom. The Labute approximate surface area is 144 Å². The summed E-state index contributed by atoms with van der Waals surface area (Å²) in [4.78, 5) is 12.4. The molecule has 1 aliphatic heterocycles. The first-order valence-corrected chi connectivity index (χ1v) is 9.17. The monoisotopic (exact) mass is 361 g/mol. The molecule has 0 radical (unpaired) electrons. The zero-order chi connectivity index (χ0) is 16.3. The fourth-order valence-electron chi connectivity index (χ4n) is 2.78. The summed E-state index contributed by atoms with van der Waals surface area (Å²) >= 11 is 0. The summed E-state index contributed by atoms with van der Waals surface area (Å²) in [5.41, 5.74) is 0.659. The van der Waals surface area contributed by atoms with E-state index in [2.05, 4.69) is 5.32 Å². The van der Waals surface area contributed by atoms with Gasteiger partial charge in [0.05, 0.1) is 22.7 Å². The number of ether oxygens (including phenoxy) is 1. The first-order valence-electron chi connectivity index (χ1n) is 7.62. The molecule has 0 aliphatic carbocycles. The Morgan fingerprint density at radius 3 is 2.61 bits per heavy atom. The van der Waals surface area contributed by atoms with E-state index in [1.54, 1.807) is 45.0 Å². The number of hydrogen-bond donors (Lipinski definition) is 1. The Morgan fingerprint density at radius 2 is 2.00 bits per heavy atom. The zero-order valence-electron chi connectivity index (χ0n) is 13.6. The molecule has 0 unspecified atom stereocenters. The molecule has 1 aromatic carbocycles. The summed E-state index contributed by atoms with van der Waals surface area (Å²) in [5.74, 6) is -0.613. The van der Waals surface area contributed by atoms with E-state index in [0.29, 0.717) is 30.0 Å². The molecule has 0 spiro atoms. The van der Waals surface area contributed by atoms with E-state index in [0.717, 1.165) is 0 Å². The number of esters is 1. The number of carbonyl (C=O) groups is 1. The van der Waals surface area contributed by atoms with Crippen LogP contribution in [0.3, 0.4) is 0 Å². The molecule has 0 bridgehead atoms. The van der Waals surface area contributed by atoms with Crippen molar-refractivity contribution < 1.29 is 17.9 Å². The normalized spacial score (nSPS) is 21.0. The van der Waals surface area contributed by atoms with Gasteiger partial charge in [0.15, 0.2) is 9.84 Å². The molecule has 0 amide bonds. The summed E-state index contributed by atoms with van der Waals surface area (Å²) in [6.07, 6.45) is 0.652. The van der Waals surface area contributed by atoms with E-state index >= 15 is 0 Å². The van der Waals surface area contributed by atoms with E-state index in [-0.39, 0.29) is 30.3 Å². The van der Waals surface area contributed by atoms with Crippen molar-refractivity contribution in [3.63, 3.8) is 0 Å². The molecule has 1 saturated heterocycles. The van der Waals surface area contributed by atoms with Gasteiger partial charge < -0.3 is 10.1 Å². The fourth-order valence-corrected chi connectivity index (χ4v) is 4.08. The van der Waals surface area contributed by atoms with E-state index in [1.807, 2.05) is 0 Å². The van der Waals surface area contributed by atoms with Crippen LogP contribution in [-0.4, -0.2) is 32.8 Å². The first-order chi connectivity index (χ1) is 10.4. The lowest BCUT2D eigenvalue weighted by Gasteiger charge is -2.22. The Bertz CT molecular complexity index is 645. The summed E-state index contributed by atoms with van der Waals surface area (Å²) in [6, 6.07) is 6.60. The maximum atomic E-state index is 12.6. The third-order valence-electron chi connectivity index (χ3n) is 3.99. The van der Waals surface area contributed by atoms with Crippen molar-refractivity contribution in [2.45, 2.75) is 43.4 Å². The summed E-state index contributed by atoms with van der Waals surface area (Å²) in [5, 5.41) is 2.74. The van der Waals surface area contributed by atoms with Crippen LogP contribution >= 0.6 is 12.4 Å². The van der Waals surface area contributed by atoms with E-state index in [1.165, 1.54) is 0 Å². The highest BCUT2D eigenvalue weighted by molar-refractivity contribution is 7.92. The maximum absolute atomic E-state index is 12.6. The molecule has 1 fully saturated rings. The van der Waals surface area contributed by atoms with Gasteiger partial charge in [-0.1, -0.05) is 18.2 Å². The van der Waals surface area contributed by atoms with Gasteiger partial charge in [-0.15, -0.1) is 12.4 Å². The van der Waals surface area contributed by atoms with Crippen molar-refractivity contribution in [3.05, 3.63) is 29.8 Å². The summed E-state index contributed by atoms with van der Waals surface area (Å²) in [7, 11) is -3.40. The maximum Gasteiger partial charge on any atom is 0.310 e. The van der Waals surface area contributed by atoms with Crippen LogP contribution in [-0.2, 0) is 19.4 Å². The minimum Gasteiger partial charge on any atom is -0.466 e. The van der Waals surface area contributed by atoms with E-state index < -0.39 is 15.1 Å². The predicted molar refractivity (Wildman–Crippen MR) is 91.5 cm³/mol. The SMILES string of the molecule is CCOC(=O)[C@H]1CCN[C@H]1c1ccccc1S(=O)(=O)C(C)C.Cl. The van der Waals surface area contributed by atoms with Gasteiger partial charge in [0, 0.05) is 6.04 Å². The molecule has 1 N–H and O–H groups in total. The van der Waals surface area contributed by atoms with Crippen molar-refractivity contribution in [1.29, 1.82) is 0 Å². The molecule has 1 aliphatic rings. The van der Waals surface area contributed by atoms with Gasteiger partial charge in [-0.2, -0.15) is 0 Å². The highest BCUT2D eigenvalue weighted by atomic mass is 35.5. The topological polar surface area (TPSA) is 72.5 Å². The van der Waals surface area contributed by atoms with Crippen LogP contribution in [0, 0.1) is 5.92 Å². The molecule has 1 aromatic rings. The van der Waals surface area contributed by atoms with Crippen LogP contribution in [0.15, 0.2) is 29.2 Å². The fraction of sp³-hybridized carbons (Fsp3) is 0.562. The van der Waals surface area contributed by atoms with Crippen LogP contribution in [0.25, 0.3) is 0 Å². The van der Waals surface area contributed by atoms with Crippen LogP contribution in [0.2, 0.25) is 0 Å². The highest BCUT2D eigenvalue weighted by Gasteiger charge is 2.37. The Balaban J connectivity index is 0.00000264. The molecule has 130 valence electrons. The van der Waals surface area contributed by atoms with Crippen LogP contribution in [0.5, 0.6) is 0 Å². The van der Waals surface area contributed by atoms with Crippen molar-refractivity contribution in [2.75, 3.05) is 13.2 Å². The van der Waals surface area contributed by atoms with E-state index in [9.17, 15) is 13.2 Å². The Hall–Kier alpha value is -1.11. The quantitative estimate of drug-likeness (QED) is 0.816. The van der Waals surface area contributed by atoms with Crippen LogP contribution in [0.4, 0.5) is 0 Å². The van der Waals surface area contributed by atoms with Gasteiger partial charge in [-0.3, -0.25) is 4.79 Å². The second kappa shape index (κ2) is 8.13. The largest absolute Gasteiger partial charge is 0.466 e. The van der Waals surface area contributed by atoms with E-state index in [4.69, 9.17) is 4.74 Å². The Kier molecular flexibility index (Phi) is 7.04. The third kappa shape index (κ3) is 4.05. The molecule has 2 atom stereocenters. The van der Waals surface area contributed by atoms with Crippen molar-refractivity contribution >= 4 is 28.2 Å². The molecule has 2 rings (SSSR count). The van der Waals surface area contributed by atoms with Gasteiger partial charge in [-0.25, -0.2) is 8.42 Å². The number of hydrogen-bond acceptors (Lipinski definition) is 5. The predicted octanol–water partition coefficient (Wildman–Crippen LogP) is 2.50. The number of halogens is 1. The molecular formula is C16H24ClNO4S. The van der Waals surface area contributed by atoms with Gasteiger partial charge >= 0.3 is 5.97 Å². The smallest absolute Gasteiger partial charge is 0.310 e. The van der Waals surface area contributed by atoms with Crippen LogP contribution < -0.4 is 5.32 Å². The molecule has 5 nitrogen and oxygen atoms in total. The average molecular weight is 362 g/mol. The third-order valence-corrected chi connectivity index (χ3v) is 6.22. The minimum atomic E-state index is -3.40. The number of nitrogens with one attached hydrogen (secondary N) is 1. The summed E-state index contributed by atoms with van der Waals surface area (Å²) < 4.78 is 30.3. The molecule has 23 heavy (non-hydrogen) atoms. The number of carbonyl (C=O) groups excluding carboxylic acids is 1. The highest BCUT2D eigenvalue weighted by Crippen LogP contribution is 2.35. The lowest BCUT2D eigenvalue weighted by molar-refractivity contribution is -0.148. The first kappa shape index (κ1) is 19.9. The number of sulfone groups is 1. The van der Waals surface area contributed by atoms with Gasteiger partial charge in [-0.05, 0) is 45.4 Å². The molecule has 1 heterocycles. The zero-order valence-corrected chi connectivity index (χ0v) is 15.2. The molecule has 0 saturated carbocycles. The number of rotatable bonds is 5. The second-order valence-corrected chi connectivity index (χ2v) is 8.18. The van der Waals surface area contributed by atoms with Crippen molar-refractivity contribution in [3.8, 4) is 0 Å². The number of benzene rings is 1. The molecular weight excluding hydrogens is 338 g/mol. The van der Waals surface area contributed by atoms with Crippen molar-refractivity contribution in [1.82, 2.24) is 5.32 Å². The van der Waals surface area contributed by atoms with Crippen LogP contribution in [0.1, 0.15) is 38.8 Å². The molecule has 7 heteroatoms. The minimum absolute atomic E-state index is 0. The van der Waals surface area contributed by atoms with Gasteiger partial charge in [0.25, 0.3) is 0 Å². The lowest BCUT2D eigenvalue weighted by Crippen LogP contribution is -2.27. The van der Waals surface area contributed by atoms with Crippen molar-refractivity contribution in [2.24, 2.45) is 5.92 Å². The summed E-state index contributed by atoms with van der Waals surface area (Å²) in [6.45, 7) is 6.10. The molecule has 0 aromatic heterocycles. The lowest BCUT2D eigenvalue weighted by atomic mass is 9.94. The standard InChI is InChI=1S/C16H23NO4S.ClH/c1-4-21-16(18)13-9-10-17-15(13)12-7-5-6-8-14(12)22(19,20)11(2)3;/h5-8,11,13,15,17H,4,9-10H2,1-3H3;1H/t13-,15-;/m0./s1.